The first-order chi connectivity index (χ1) is 11.7. The van der Waals surface area contributed by atoms with Gasteiger partial charge in [-0.15, -0.1) is 0 Å². The second-order valence-electron chi connectivity index (χ2n) is 7.35. The van der Waals surface area contributed by atoms with Crippen LogP contribution in [0.4, 0.5) is 0 Å². The maximum Gasteiger partial charge on any atom is 0.0891 e. The van der Waals surface area contributed by atoms with Crippen LogP contribution in [0.3, 0.4) is 0 Å². The summed E-state index contributed by atoms with van der Waals surface area (Å²) in [4.78, 5) is 14.8. The Labute approximate surface area is 146 Å². The van der Waals surface area contributed by atoms with Crippen molar-refractivity contribution in [1.82, 2.24) is 4.98 Å². The zero-order chi connectivity index (χ0) is 16.8. The van der Waals surface area contributed by atoms with Crippen molar-refractivity contribution >= 4 is 11.4 Å². The van der Waals surface area contributed by atoms with Crippen LogP contribution in [-0.4, -0.2) is 16.4 Å². The summed E-state index contributed by atoms with van der Waals surface area (Å²) in [5, 5.41) is 0. The molecule has 3 nitrogen and oxygen atoms in total. The number of pyridine rings is 1. The van der Waals surface area contributed by atoms with Crippen molar-refractivity contribution in [1.29, 1.82) is 0 Å². The molecule has 3 heteroatoms. The van der Waals surface area contributed by atoms with Crippen molar-refractivity contribution in [2.75, 3.05) is 0 Å². The molecule has 0 aliphatic heterocycles. The lowest BCUT2D eigenvalue weighted by Gasteiger charge is -2.17. The minimum Gasteiger partial charge on any atom is -0.285 e. The van der Waals surface area contributed by atoms with Gasteiger partial charge < -0.3 is 0 Å². The van der Waals surface area contributed by atoms with E-state index in [4.69, 9.17) is 15.0 Å². The molecule has 1 heterocycles. The smallest absolute Gasteiger partial charge is 0.0891 e. The SMILES string of the molecule is CC(N=C1CCCCC1)c1cccc(C(C)N=C2CCCCC2)n1. The van der Waals surface area contributed by atoms with Crippen molar-refractivity contribution < 1.29 is 0 Å². The van der Waals surface area contributed by atoms with E-state index >= 15 is 0 Å². The molecule has 0 spiro atoms. The lowest BCUT2D eigenvalue weighted by Crippen LogP contribution is -2.09. The third-order valence-corrected chi connectivity index (χ3v) is 5.26. The molecule has 2 saturated carbocycles. The average Bonchev–Trinajstić information content (AvgIpc) is 2.63. The van der Waals surface area contributed by atoms with Crippen LogP contribution in [0.1, 0.15) is 102 Å². The Morgan fingerprint density at radius 2 is 1.12 bits per heavy atom. The van der Waals surface area contributed by atoms with Gasteiger partial charge >= 0.3 is 0 Å². The Morgan fingerprint density at radius 3 is 1.54 bits per heavy atom. The highest BCUT2D eigenvalue weighted by atomic mass is 14.9. The molecule has 3 rings (SSSR count). The number of aliphatic imine (C=N–C) groups is 2. The fourth-order valence-corrected chi connectivity index (χ4v) is 3.79. The van der Waals surface area contributed by atoms with Crippen molar-refractivity contribution in [3.05, 3.63) is 29.6 Å². The zero-order valence-corrected chi connectivity index (χ0v) is 15.3. The number of aromatic nitrogens is 1. The molecule has 2 unspecified atom stereocenters. The van der Waals surface area contributed by atoms with E-state index in [2.05, 4.69) is 32.0 Å². The van der Waals surface area contributed by atoms with Crippen LogP contribution in [-0.2, 0) is 0 Å². The van der Waals surface area contributed by atoms with Crippen LogP contribution in [0.15, 0.2) is 28.2 Å². The van der Waals surface area contributed by atoms with E-state index in [1.54, 1.807) is 0 Å². The molecule has 2 fully saturated rings. The van der Waals surface area contributed by atoms with Crippen molar-refractivity contribution in [2.24, 2.45) is 9.98 Å². The number of hydrogen-bond acceptors (Lipinski definition) is 3. The monoisotopic (exact) mass is 325 g/mol. The molecule has 0 radical (unpaired) electrons. The summed E-state index contributed by atoms with van der Waals surface area (Å²) in [6, 6.07) is 6.66. The molecule has 0 aromatic carbocycles. The minimum atomic E-state index is 0.160. The van der Waals surface area contributed by atoms with E-state index in [-0.39, 0.29) is 12.1 Å². The molecule has 2 atom stereocenters. The standard InChI is InChI=1S/C21H31N3/c1-16(22-18-10-5-3-6-11-18)20-14-9-15-21(24-20)17(2)23-19-12-7-4-8-13-19/h9,14-17H,3-8,10-13H2,1-2H3. The summed E-state index contributed by atoms with van der Waals surface area (Å²) in [7, 11) is 0. The van der Waals surface area contributed by atoms with Crippen LogP contribution < -0.4 is 0 Å². The second-order valence-corrected chi connectivity index (χ2v) is 7.35. The highest BCUT2D eigenvalue weighted by Crippen LogP contribution is 2.24. The Hall–Kier alpha value is -1.51. The number of nitrogens with zero attached hydrogens (tertiary/aromatic N) is 3. The summed E-state index contributed by atoms with van der Waals surface area (Å²) in [6.45, 7) is 4.34. The maximum atomic E-state index is 4.94. The third-order valence-electron chi connectivity index (χ3n) is 5.26. The largest absolute Gasteiger partial charge is 0.285 e. The first-order valence-electron chi connectivity index (χ1n) is 9.80. The Bertz CT molecular complexity index is 538. The van der Waals surface area contributed by atoms with Crippen LogP contribution in [0.25, 0.3) is 0 Å². The molecular weight excluding hydrogens is 294 g/mol. The van der Waals surface area contributed by atoms with E-state index in [0.717, 1.165) is 11.4 Å². The predicted molar refractivity (Wildman–Crippen MR) is 102 cm³/mol. The van der Waals surface area contributed by atoms with Gasteiger partial charge in [-0.25, -0.2) is 0 Å². The van der Waals surface area contributed by atoms with E-state index in [1.807, 2.05) is 0 Å². The van der Waals surface area contributed by atoms with Crippen LogP contribution in [0, 0.1) is 0 Å². The van der Waals surface area contributed by atoms with Crippen molar-refractivity contribution in [2.45, 2.75) is 90.1 Å². The number of hydrogen-bond donors (Lipinski definition) is 0. The van der Waals surface area contributed by atoms with E-state index in [0.29, 0.717) is 0 Å². The molecular formula is C21H31N3. The first-order valence-corrected chi connectivity index (χ1v) is 9.80. The van der Waals surface area contributed by atoms with Gasteiger partial charge in [0, 0.05) is 11.4 Å². The molecule has 2 aliphatic rings. The van der Waals surface area contributed by atoms with Crippen LogP contribution >= 0.6 is 0 Å². The average molecular weight is 326 g/mol. The summed E-state index contributed by atoms with van der Waals surface area (Å²) < 4.78 is 0. The molecule has 2 aliphatic carbocycles. The van der Waals surface area contributed by atoms with E-state index in [9.17, 15) is 0 Å². The van der Waals surface area contributed by atoms with E-state index < -0.39 is 0 Å². The zero-order valence-electron chi connectivity index (χ0n) is 15.3. The fraction of sp³-hybridized carbons (Fsp3) is 0.667. The molecule has 1 aromatic heterocycles. The molecule has 0 amide bonds. The van der Waals surface area contributed by atoms with Crippen LogP contribution in [0.5, 0.6) is 0 Å². The highest BCUT2D eigenvalue weighted by Gasteiger charge is 2.14. The quantitative estimate of drug-likeness (QED) is 0.667. The molecule has 0 saturated heterocycles. The number of rotatable bonds is 4. The lowest BCUT2D eigenvalue weighted by atomic mass is 9.98. The second kappa shape index (κ2) is 8.55. The molecule has 130 valence electrons. The van der Waals surface area contributed by atoms with Gasteiger partial charge in [-0.05, 0) is 77.3 Å². The molecule has 0 N–H and O–H groups in total. The van der Waals surface area contributed by atoms with Gasteiger partial charge in [0.15, 0.2) is 0 Å². The van der Waals surface area contributed by atoms with Crippen molar-refractivity contribution in [3.63, 3.8) is 0 Å². The highest BCUT2D eigenvalue weighted by molar-refractivity contribution is 5.85. The van der Waals surface area contributed by atoms with Gasteiger partial charge in [0.25, 0.3) is 0 Å². The summed E-state index contributed by atoms with van der Waals surface area (Å²) in [5.74, 6) is 0. The summed E-state index contributed by atoms with van der Waals surface area (Å²) in [6.07, 6.45) is 12.6. The van der Waals surface area contributed by atoms with Gasteiger partial charge in [-0.1, -0.05) is 18.9 Å². The first kappa shape index (κ1) is 17.3. The lowest BCUT2D eigenvalue weighted by molar-refractivity contribution is 0.646. The summed E-state index contributed by atoms with van der Waals surface area (Å²) in [5.41, 5.74) is 4.94. The Kier molecular flexibility index (Phi) is 6.17. The van der Waals surface area contributed by atoms with Crippen LogP contribution in [0.2, 0.25) is 0 Å². The Morgan fingerprint density at radius 1 is 0.708 bits per heavy atom. The van der Waals surface area contributed by atoms with Gasteiger partial charge in [0.1, 0.15) is 0 Å². The normalized spacial score (nSPS) is 21.2. The minimum absolute atomic E-state index is 0.160. The Balaban J connectivity index is 1.70. The third kappa shape index (κ3) is 4.75. The van der Waals surface area contributed by atoms with Gasteiger partial charge in [-0.3, -0.25) is 15.0 Å². The molecule has 24 heavy (non-hydrogen) atoms. The maximum absolute atomic E-state index is 4.94. The fourth-order valence-electron chi connectivity index (χ4n) is 3.79. The predicted octanol–water partition coefficient (Wildman–Crippen LogP) is 6.01. The molecule has 0 bridgehead atoms. The van der Waals surface area contributed by atoms with Gasteiger partial charge in [0.2, 0.25) is 0 Å². The van der Waals surface area contributed by atoms with Gasteiger partial charge in [-0.2, -0.15) is 0 Å². The van der Waals surface area contributed by atoms with Gasteiger partial charge in [0.05, 0.1) is 23.5 Å². The topological polar surface area (TPSA) is 37.6 Å². The van der Waals surface area contributed by atoms with Crippen molar-refractivity contribution in [3.8, 4) is 0 Å². The molecule has 1 aromatic rings. The van der Waals surface area contributed by atoms with E-state index in [1.165, 1.54) is 75.6 Å². The summed E-state index contributed by atoms with van der Waals surface area (Å²) >= 11 is 0.